The summed E-state index contributed by atoms with van der Waals surface area (Å²) in [5, 5.41) is 0. The largest absolute Gasteiger partial charge is 0.328 e. The van der Waals surface area contributed by atoms with E-state index in [1.807, 2.05) is 6.92 Å². The Morgan fingerprint density at radius 1 is 1.29 bits per heavy atom. The van der Waals surface area contributed by atoms with E-state index in [4.69, 9.17) is 0 Å². The van der Waals surface area contributed by atoms with E-state index in [0.29, 0.717) is 6.54 Å². The van der Waals surface area contributed by atoms with Gasteiger partial charge in [-0.15, -0.1) is 0 Å². The lowest BCUT2D eigenvalue weighted by molar-refractivity contribution is 0.201. The Labute approximate surface area is 125 Å². The number of pyridine rings is 1. The van der Waals surface area contributed by atoms with E-state index in [0.717, 1.165) is 19.6 Å². The predicted molar refractivity (Wildman–Crippen MR) is 81.7 cm³/mol. The minimum absolute atomic E-state index is 0.0901. The van der Waals surface area contributed by atoms with Crippen LogP contribution in [0.5, 0.6) is 0 Å². The van der Waals surface area contributed by atoms with E-state index in [1.54, 1.807) is 0 Å². The fraction of sp³-hybridized carbons (Fsp3) is 0.643. The van der Waals surface area contributed by atoms with Crippen LogP contribution in [-0.2, 0) is 10.0 Å². The van der Waals surface area contributed by atoms with Gasteiger partial charge in [-0.2, -0.15) is 0 Å². The summed E-state index contributed by atoms with van der Waals surface area (Å²) in [6, 6.07) is 2.53. The van der Waals surface area contributed by atoms with Crippen LogP contribution in [0.15, 0.2) is 28.0 Å². The van der Waals surface area contributed by atoms with Crippen LogP contribution in [0.2, 0.25) is 0 Å². The highest BCUT2D eigenvalue weighted by Gasteiger charge is 2.17. The summed E-state index contributed by atoms with van der Waals surface area (Å²) < 4.78 is 26.8. The number of nitrogens with zero attached hydrogens (tertiary/aromatic N) is 1. The van der Waals surface area contributed by atoms with Crippen molar-refractivity contribution in [2.75, 3.05) is 26.2 Å². The molecule has 0 amide bonds. The summed E-state index contributed by atoms with van der Waals surface area (Å²) in [4.78, 5) is 15.8. The van der Waals surface area contributed by atoms with Gasteiger partial charge in [-0.1, -0.05) is 13.3 Å². The molecule has 2 rings (SSSR count). The zero-order valence-corrected chi connectivity index (χ0v) is 13.2. The molecule has 1 aromatic heterocycles. The number of rotatable bonds is 6. The van der Waals surface area contributed by atoms with Gasteiger partial charge in [0.2, 0.25) is 15.6 Å². The van der Waals surface area contributed by atoms with Crippen molar-refractivity contribution in [3.63, 3.8) is 0 Å². The van der Waals surface area contributed by atoms with Gasteiger partial charge in [0.05, 0.1) is 4.90 Å². The topological polar surface area (TPSA) is 82.3 Å². The van der Waals surface area contributed by atoms with E-state index in [9.17, 15) is 13.2 Å². The molecule has 1 aliphatic rings. The Bertz CT molecular complexity index is 586. The zero-order chi connectivity index (χ0) is 15.3. The number of aromatic amines is 1. The van der Waals surface area contributed by atoms with Crippen LogP contribution in [0.4, 0.5) is 0 Å². The van der Waals surface area contributed by atoms with Gasteiger partial charge in [-0.25, -0.2) is 13.1 Å². The second kappa shape index (κ2) is 7.20. The summed E-state index contributed by atoms with van der Waals surface area (Å²) in [6.45, 7) is 5.57. The van der Waals surface area contributed by atoms with Gasteiger partial charge in [0.25, 0.3) is 0 Å². The van der Waals surface area contributed by atoms with Crippen molar-refractivity contribution >= 4 is 10.0 Å². The molecule has 0 bridgehead atoms. The Kier molecular flexibility index (Phi) is 5.55. The van der Waals surface area contributed by atoms with E-state index in [1.165, 1.54) is 37.6 Å². The molecule has 118 valence electrons. The zero-order valence-electron chi connectivity index (χ0n) is 12.3. The Morgan fingerprint density at radius 3 is 2.62 bits per heavy atom. The molecular formula is C14H23N3O3S. The molecule has 1 aromatic rings. The Morgan fingerprint density at radius 2 is 2.00 bits per heavy atom. The van der Waals surface area contributed by atoms with Gasteiger partial charge in [-0.05, 0) is 37.9 Å². The molecule has 1 fully saturated rings. The van der Waals surface area contributed by atoms with E-state index >= 15 is 0 Å². The van der Waals surface area contributed by atoms with Crippen LogP contribution in [0.25, 0.3) is 0 Å². The molecule has 0 saturated carbocycles. The van der Waals surface area contributed by atoms with Crippen molar-refractivity contribution in [3.05, 3.63) is 28.7 Å². The lowest BCUT2D eigenvalue weighted by Gasteiger charge is -2.29. The smallest absolute Gasteiger partial charge is 0.247 e. The number of sulfonamides is 1. The molecule has 2 N–H and O–H groups in total. The molecule has 1 saturated heterocycles. The molecule has 2 heterocycles. The van der Waals surface area contributed by atoms with E-state index in [-0.39, 0.29) is 16.4 Å². The number of piperidine rings is 1. The van der Waals surface area contributed by atoms with Crippen molar-refractivity contribution in [2.45, 2.75) is 31.1 Å². The van der Waals surface area contributed by atoms with Gasteiger partial charge < -0.3 is 9.88 Å². The van der Waals surface area contributed by atoms with Crippen LogP contribution in [-0.4, -0.2) is 44.5 Å². The monoisotopic (exact) mass is 313 g/mol. The molecule has 1 aliphatic heterocycles. The van der Waals surface area contributed by atoms with Crippen molar-refractivity contribution in [2.24, 2.45) is 5.92 Å². The number of aromatic nitrogens is 1. The third-order valence-electron chi connectivity index (χ3n) is 3.71. The predicted octanol–water partition coefficient (Wildman–Crippen LogP) is 0.775. The summed E-state index contributed by atoms with van der Waals surface area (Å²) in [7, 11) is -3.55. The maximum absolute atomic E-state index is 12.1. The third kappa shape index (κ3) is 4.94. The Balaban J connectivity index is 1.85. The summed E-state index contributed by atoms with van der Waals surface area (Å²) >= 11 is 0. The molecule has 0 aromatic carbocycles. The lowest BCUT2D eigenvalue weighted by Crippen LogP contribution is -2.38. The fourth-order valence-electron chi connectivity index (χ4n) is 2.55. The molecule has 0 radical (unpaired) electrons. The Hall–Kier alpha value is -1.18. The van der Waals surface area contributed by atoms with Crippen molar-refractivity contribution in [3.8, 4) is 0 Å². The molecule has 0 aliphatic carbocycles. The first-order valence-electron chi connectivity index (χ1n) is 7.38. The molecule has 7 heteroatoms. The first-order valence-corrected chi connectivity index (χ1v) is 8.86. The van der Waals surface area contributed by atoms with Crippen molar-refractivity contribution in [1.29, 1.82) is 0 Å². The molecular weight excluding hydrogens is 290 g/mol. The van der Waals surface area contributed by atoms with Crippen LogP contribution in [0, 0.1) is 5.92 Å². The number of hydrogen-bond acceptors (Lipinski definition) is 4. The highest BCUT2D eigenvalue weighted by atomic mass is 32.2. The molecule has 21 heavy (non-hydrogen) atoms. The van der Waals surface area contributed by atoms with Gasteiger partial charge in [0.15, 0.2) is 0 Å². The highest BCUT2D eigenvalue weighted by molar-refractivity contribution is 7.89. The van der Waals surface area contributed by atoms with Crippen LogP contribution in [0.3, 0.4) is 0 Å². The lowest BCUT2D eigenvalue weighted by atomic mass is 10.1. The van der Waals surface area contributed by atoms with Gasteiger partial charge >= 0.3 is 0 Å². The number of hydrogen-bond donors (Lipinski definition) is 2. The third-order valence-corrected chi connectivity index (χ3v) is 5.13. The summed E-state index contributed by atoms with van der Waals surface area (Å²) in [5.41, 5.74) is -0.313. The number of H-pyrrole nitrogens is 1. The quantitative estimate of drug-likeness (QED) is 0.813. The number of likely N-dealkylation sites (tertiary alicyclic amines) is 1. The van der Waals surface area contributed by atoms with Crippen LogP contribution >= 0.6 is 0 Å². The maximum Gasteiger partial charge on any atom is 0.247 e. The molecule has 1 unspecified atom stereocenters. The normalized spacial score (nSPS) is 18.5. The van der Waals surface area contributed by atoms with Crippen molar-refractivity contribution in [1.82, 2.24) is 14.6 Å². The average molecular weight is 313 g/mol. The maximum atomic E-state index is 12.1. The van der Waals surface area contributed by atoms with E-state index < -0.39 is 10.0 Å². The van der Waals surface area contributed by atoms with Gasteiger partial charge in [0.1, 0.15) is 0 Å². The van der Waals surface area contributed by atoms with Gasteiger partial charge in [0, 0.05) is 25.4 Å². The first-order chi connectivity index (χ1) is 9.97. The minimum Gasteiger partial charge on any atom is -0.328 e. The summed E-state index contributed by atoms with van der Waals surface area (Å²) in [5.74, 6) is 0.251. The highest BCUT2D eigenvalue weighted by Crippen LogP contribution is 2.11. The van der Waals surface area contributed by atoms with E-state index in [2.05, 4.69) is 14.6 Å². The molecule has 0 spiro atoms. The van der Waals surface area contributed by atoms with Crippen LogP contribution in [0.1, 0.15) is 26.2 Å². The SMILES string of the molecule is CC(CNS(=O)(=O)c1ccc(=O)[nH]c1)CN1CCCCC1. The number of nitrogens with one attached hydrogen (secondary N) is 2. The second-order valence-corrected chi connectivity index (χ2v) is 7.47. The van der Waals surface area contributed by atoms with Gasteiger partial charge in [-0.3, -0.25) is 4.79 Å². The van der Waals surface area contributed by atoms with Crippen LogP contribution < -0.4 is 10.3 Å². The molecule has 6 nitrogen and oxygen atoms in total. The van der Waals surface area contributed by atoms with Crippen molar-refractivity contribution < 1.29 is 8.42 Å². The molecule has 1 atom stereocenters. The second-order valence-electron chi connectivity index (χ2n) is 5.71. The fourth-order valence-corrected chi connectivity index (χ4v) is 3.68. The summed E-state index contributed by atoms with van der Waals surface area (Å²) in [6.07, 6.45) is 4.98. The minimum atomic E-state index is -3.55. The average Bonchev–Trinajstić information content (AvgIpc) is 2.47. The standard InChI is InChI=1S/C14H23N3O3S/c1-12(11-17-7-3-2-4-8-17)9-16-21(19,20)13-5-6-14(18)15-10-13/h5-6,10,12,16H,2-4,7-9,11H2,1H3,(H,15,18). The first kappa shape index (κ1) is 16.2.